The Morgan fingerprint density at radius 2 is 1.10 bits per heavy atom. The molecule has 4 aromatic heterocycles. The first kappa shape index (κ1) is 51.0. The van der Waals surface area contributed by atoms with Gasteiger partial charge in [0.25, 0.3) is 0 Å². The number of H-pyrrole nitrogens is 1. The van der Waals surface area contributed by atoms with Gasteiger partial charge in [0.15, 0.2) is 28.4 Å². The highest BCUT2D eigenvalue weighted by molar-refractivity contribution is 5.86. The van der Waals surface area contributed by atoms with Crippen molar-refractivity contribution < 1.29 is 24.7 Å². The maximum absolute atomic E-state index is 11.6. The summed E-state index contributed by atoms with van der Waals surface area (Å²) in [7, 11) is 0. The molecule has 1 atom stereocenters. The topological polar surface area (TPSA) is 267 Å². The van der Waals surface area contributed by atoms with Gasteiger partial charge in [-0.1, -0.05) is 38.5 Å². The van der Waals surface area contributed by atoms with Crippen molar-refractivity contribution in [3.05, 3.63) is 61.2 Å². The highest BCUT2D eigenvalue weighted by atomic mass is 35.5. The molecule has 5 fully saturated rings. The largest absolute Gasteiger partial charge is 0.368 e. The number of carbonyl (C=O) groups excluding carboxylic acids is 2. The predicted molar refractivity (Wildman–Crippen MR) is 282 cm³/mol. The predicted octanol–water partition coefficient (Wildman–Crippen LogP) is 7.72. The molecule has 0 spiro atoms. The lowest BCUT2D eigenvalue weighted by Crippen LogP contribution is -2.51. The molecule has 2 aromatic carbocycles. The van der Waals surface area contributed by atoms with E-state index in [1.807, 2.05) is 47.3 Å². The summed E-state index contributed by atoms with van der Waals surface area (Å²) in [5, 5.41) is 31.6. The first-order valence-electron chi connectivity index (χ1n) is 25.6. The number of piperazine rings is 2. The minimum atomic E-state index is -0.458. The van der Waals surface area contributed by atoms with Gasteiger partial charge in [-0.15, -0.1) is 12.4 Å². The molecule has 6 aromatic rings. The number of rotatable bonds is 11. The molecule has 1 unspecified atom stereocenters. The number of halogens is 1. The van der Waals surface area contributed by atoms with E-state index in [2.05, 4.69) is 58.2 Å². The Labute approximate surface area is 429 Å². The summed E-state index contributed by atoms with van der Waals surface area (Å²) < 4.78 is 8.10. The second kappa shape index (κ2) is 24.2. The van der Waals surface area contributed by atoms with Crippen LogP contribution in [-0.2, 0) is 4.74 Å². The number of amides is 4. The highest BCUT2D eigenvalue weighted by Crippen LogP contribution is 2.32. The zero-order chi connectivity index (χ0) is 49.2. The molecule has 4 amide bonds. The Kier molecular flexibility index (Phi) is 16.9. The van der Waals surface area contributed by atoms with Crippen LogP contribution in [0.1, 0.15) is 89.7 Å². The Morgan fingerprint density at radius 1 is 0.589 bits per heavy atom. The second-order valence-electron chi connectivity index (χ2n) is 19.1. The molecule has 0 radical (unpaired) electrons. The van der Waals surface area contributed by atoms with E-state index in [-0.39, 0.29) is 18.6 Å². The number of aromatic amines is 1. The van der Waals surface area contributed by atoms with Gasteiger partial charge in [-0.05, 0) is 93.5 Å². The molecule has 24 heteroatoms. The van der Waals surface area contributed by atoms with Crippen LogP contribution in [0.15, 0.2) is 61.2 Å². The van der Waals surface area contributed by atoms with Crippen molar-refractivity contribution in [2.24, 2.45) is 0 Å². The maximum atomic E-state index is 11.6. The molecule has 23 nitrogen and oxygen atoms in total. The van der Waals surface area contributed by atoms with Gasteiger partial charge in [-0.3, -0.25) is 15.0 Å². The lowest BCUT2D eigenvalue weighted by molar-refractivity contribution is -0.0298. The van der Waals surface area contributed by atoms with E-state index in [1.165, 1.54) is 38.5 Å². The van der Waals surface area contributed by atoms with Gasteiger partial charge < -0.3 is 50.6 Å². The van der Waals surface area contributed by atoms with Crippen molar-refractivity contribution in [2.45, 2.75) is 102 Å². The number of hydroxylamine groups is 2. The monoisotopic (exact) mass is 1020 g/mol. The van der Waals surface area contributed by atoms with E-state index in [9.17, 15) is 9.59 Å². The van der Waals surface area contributed by atoms with Gasteiger partial charge in [0, 0.05) is 93.8 Å². The number of ether oxygens (including phenoxy) is 1. The third kappa shape index (κ3) is 12.5. The Balaban J connectivity index is 0.000000180. The number of nitrogens with zero attached hydrogens (tertiary/aromatic N) is 11. The zero-order valence-corrected chi connectivity index (χ0v) is 41.8. The summed E-state index contributed by atoms with van der Waals surface area (Å²) >= 11 is 0. The maximum Gasteiger partial charge on any atom is 0.341 e. The number of hydrogen-bond donors (Lipinski definition) is 9. The summed E-state index contributed by atoms with van der Waals surface area (Å²) in [5.74, 6) is 2.58. The molecule has 5 aliphatic rings. The Morgan fingerprint density at radius 3 is 1.62 bits per heavy atom. The highest BCUT2D eigenvalue weighted by Gasteiger charge is 2.26. The second-order valence-corrected chi connectivity index (χ2v) is 19.1. The van der Waals surface area contributed by atoms with Gasteiger partial charge in [-0.25, -0.2) is 30.5 Å². The molecule has 3 aliphatic heterocycles. The van der Waals surface area contributed by atoms with Crippen molar-refractivity contribution in [1.29, 1.82) is 0 Å². The molecule has 390 valence electrons. The zero-order valence-electron chi connectivity index (χ0n) is 41.0. The smallest absolute Gasteiger partial charge is 0.341 e. The summed E-state index contributed by atoms with van der Waals surface area (Å²) in [6.07, 6.45) is 18.7. The number of carbonyl (C=O) groups is 2. The molecular weight excluding hydrogens is 956 g/mol. The third-order valence-corrected chi connectivity index (χ3v) is 14.4. The fourth-order valence-corrected chi connectivity index (χ4v) is 10.3. The first-order valence-corrected chi connectivity index (χ1v) is 25.6. The van der Waals surface area contributed by atoms with Crippen molar-refractivity contribution >= 4 is 93.1 Å². The van der Waals surface area contributed by atoms with Crippen LogP contribution in [0.25, 0.3) is 22.3 Å². The van der Waals surface area contributed by atoms with Crippen molar-refractivity contribution in [3.63, 3.8) is 0 Å². The van der Waals surface area contributed by atoms with Crippen LogP contribution in [0.2, 0.25) is 0 Å². The molecule has 0 bridgehead atoms. The Hall–Kier alpha value is -6.95. The third-order valence-electron chi connectivity index (χ3n) is 14.4. The van der Waals surface area contributed by atoms with Gasteiger partial charge in [0.05, 0.1) is 12.7 Å². The standard InChI is InChI=1S/C27H37N9O3.C22H29N9O2.ClH/c37-27(33-38)35-15-13-34(14-16-35)21-11-9-20(10-12-21)30-26-31-24(29-19-6-2-1-3-7-19)23-25(32-26)36(18-28-23)22-8-4-5-17-39-22;32-22(29-33)31-12-10-30(11-13-31)17-8-6-16(7-9-17)26-21-27-19-18(23-14-24-19)20(28-21)25-15-4-2-1-3-5-15;/h9-12,18-19,22,38H,1-8,13-17H2,(H,33,37)(H2,29,30,31,32);6-9,14-15,33H,1-5,10-13H2,(H,29,32)(H3,23,24,25,26,27,28);1H. The average molecular weight is 1020 g/mol. The van der Waals surface area contributed by atoms with Crippen molar-refractivity contribution in [2.75, 3.05) is 90.0 Å². The first-order chi connectivity index (χ1) is 35.4. The van der Waals surface area contributed by atoms with Gasteiger partial charge >= 0.3 is 12.1 Å². The molecule has 2 saturated carbocycles. The number of imidazole rings is 2. The number of hydrogen-bond acceptors (Lipinski definition) is 17. The van der Waals surface area contributed by atoms with Crippen molar-refractivity contribution in [1.82, 2.24) is 60.2 Å². The van der Waals surface area contributed by atoms with Crippen LogP contribution in [0.5, 0.6) is 0 Å². The normalized spacial score (nSPS) is 18.8. The molecule has 11 rings (SSSR count). The number of urea groups is 2. The Bertz CT molecular complexity index is 2730. The van der Waals surface area contributed by atoms with Crippen LogP contribution in [0, 0.1) is 0 Å². The minimum Gasteiger partial charge on any atom is -0.368 e. The number of nitrogens with one attached hydrogen (secondary N) is 7. The van der Waals surface area contributed by atoms with Crippen LogP contribution in [0.4, 0.5) is 55.9 Å². The average Bonchev–Trinajstić information content (AvgIpc) is 4.10. The summed E-state index contributed by atoms with van der Waals surface area (Å²) in [4.78, 5) is 62.1. The number of fused-ring (bicyclic) bond motifs is 2. The van der Waals surface area contributed by atoms with E-state index in [0.29, 0.717) is 82.0 Å². The van der Waals surface area contributed by atoms with Crippen LogP contribution >= 0.6 is 12.4 Å². The van der Waals surface area contributed by atoms with Crippen molar-refractivity contribution in [3.8, 4) is 0 Å². The number of benzene rings is 2. The van der Waals surface area contributed by atoms with Gasteiger partial charge in [-0.2, -0.15) is 19.9 Å². The SMILES string of the molecule is Cl.O=C(NO)N1CCN(c2ccc(Nc3nc(NC4CCCCC4)c4[nH]cnc4n3)cc2)CC1.O=C(NO)N1CCN(c2ccc(Nc3nc(NC4CCCCC4)c4ncn(C5CCCCO5)c4n3)cc2)CC1. The van der Waals surface area contributed by atoms with E-state index < -0.39 is 12.1 Å². The van der Waals surface area contributed by atoms with E-state index in [0.717, 1.165) is 103 Å². The molecule has 7 heterocycles. The van der Waals surface area contributed by atoms with Crippen LogP contribution in [0.3, 0.4) is 0 Å². The number of aromatic nitrogens is 8. The summed E-state index contributed by atoms with van der Waals surface area (Å²) in [5.41, 5.74) is 10.3. The number of anilines is 8. The summed E-state index contributed by atoms with van der Waals surface area (Å²) in [6.45, 7) is 5.77. The van der Waals surface area contributed by atoms with Crippen LogP contribution < -0.4 is 42.0 Å². The molecular formula is C49H67ClN18O5. The molecule has 73 heavy (non-hydrogen) atoms. The van der Waals surface area contributed by atoms with E-state index in [1.54, 1.807) is 27.1 Å². The van der Waals surface area contributed by atoms with Gasteiger partial charge in [0.2, 0.25) is 11.9 Å². The lowest BCUT2D eigenvalue weighted by Gasteiger charge is -2.35. The fourth-order valence-electron chi connectivity index (χ4n) is 10.3. The fraction of sp³-hybridized carbons (Fsp3) is 0.510. The van der Waals surface area contributed by atoms with E-state index in [4.69, 9.17) is 35.1 Å². The molecule has 3 saturated heterocycles. The van der Waals surface area contributed by atoms with E-state index >= 15 is 0 Å². The molecule has 9 N–H and O–H groups in total. The molecule has 2 aliphatic carbocycles. The quantitative estimate of drug-likeness (QED) is 0.0444. The van der Waals surface area contributed by atoms with Gasteiger partial charge in [0.1, 0.15) is 11.7 Å². The summed E-state index contributed by atoms with van der Waals surface area (Å²) in [6, 6.07) is 16.1. The lowest BCUT2D eigenvalue weighted by atomic mass is 9.95. The van der Waals surface area contributed by atoms with Crippen LogP contribution in [-0.4, -0.2) is 143 Å². The minimum absolute atomic E-state index is 0.